The topological polar surface area (TPSA) is 71.3 Å². The van der Waals surface area contributed by atoms with E-state index in [1.807, 2.05) is 36.4 Å². The number of carboxylic acid groups (broad SMARTS) is 1. The number of nitrogens with one attached hydrogen (secondary N) is 1. The molecule has 0 atom stereocenters. The summed E-state index contributed by atoms with van der Waals surface area (Å²) in [4.78, 5) is 23.6. The molecule has 7 heteroatoms. The molecule has 138 valence electrons. The van der Waals surface area contributed by atoms with E-state index < -0.39 is 5.97 Å². The number of halogens is 2. The summed E-state index contributed by atoms with van der Waals surface area (Å²) in [5, 5.41) is 9.00. The predicted octanol–water partition coefficient (Wildman–Crippen LogP) is 5.08. The normalized spacial score (nSPS) is 10.6. The van der Waals surface area contributed by atoms with Crippen molar-refractivity contribution in [2.75, 3.05) is 5.43 Å². The Balaban J connectivity index is 1.95. The van der Waals surface area contributed by atoms with Gasteiger partial charge in [0.05, 0.1) is 12.1 Å². The predicted molar refractivity (Wildman–Crippen MR) is 111 cm³/mol. The van der Waals surface area contributed by atoms with Gasteiger partial charge < -0.3 is 5.11 Å². The van der Waals surface area contributed by atoms with Gasteiger partial charge in [-0.3, -0.25) is 19.7 Å². The fourth-order valence-electron chi connectivity index (χ4n) is 2.65. The van der Waals surface area contributed by atoms with Crippen molar-refractivity contribution in [1.29, 1.82) is 0 Å². The Morgan fingerprint density at radius 1 is 0.889 bits per heavy atom. The molecule has 0 fully saturated rings. The molecule has 2 aromatic carbocycles. The Kier molecular flexibility index (Phi) is 6.13. The van der Waals surface area contributed by atoms with Crippen LogP contribution in [-0.2, 0) is 11.2 Å². The molecule has 1 heterocycles. The lowest BCUT2D eigenvalue weighted by atomic mass is 10.1. The van der Waals surface area contributed by atoms with Crippen LogP contribution in [0.1, 0.15) is 22.5 Å². The fraction of sp³-hybridized carbons (Fsp3) is 0.100. The first-order chi connectivity index (χ1) is 12.9. The summed E-state index contributed by atoms with van der Waals surface area (Å²) in [7, 11) is 0. The number of carboxylic acids is 1. The number of rotatable bonds is 6. The molecule has 0 unspecified atom stereocenters. The van der Waals surface area contributed by atoms with Crippen LogP contribution in [0, 0.1) is 0 Å². The smallest absolute Gasteiger partial charge is 0.303 e. The third-order valence-corrected chi connectivity index (χ3v) is 5.07. The maximum absolute atomic E-state index is 12.7. The zero-order valence-electron chi connectivity index (χ0n) is 14.2. The summed E-state index contributed by atoms with van der Waals surface area (Å²) in [6.45, 7) is 0. The lowest BCUT2D eigenvalue weighted by molar-refractivity contribution is -0.136. The van der Waals surface area contributed by atoms with Crippen LogP contribution in [0.3, 0.4) is 0 Å². The summed E-state index contributed by atoms with van der Waals surface area (Å²) >= 11 is 6.77. The summed E-state index contributed by atoms with van der Waals surface area (Å²) < 4.78 is 3.50. The molecular weight excluding hydrogens is 476 g/mol. The van der Waals surface area contributed by atoms with E-state index in [2.05, 4.69) is 37.3 Å². The largest absolute Gasteiger partial charge is 0.481 e. The molecule has 0 spiro atoms. The van der Waals surface area contributed by atoms with E-state index in [0.29, 0.717) is 12.0 Å². The molecule has 3 aromatic rings. The van der Waals surface area contributed by atoms with Gasteiger partial charge in [0.1, 0.15) is 0 Å². The number of aliphatic carboxylic acids is 1. The van der Waals surface area contributed by atoms with Crippen LogP contribution in [0.2, 0.25) is 0 Å². The second-order valence-corrected chi connectivity index (χ2v) is 7.73. The molecule has 5 nitrogen and oxygen atoms in total. The van der Waals surface area contributed by atoms with Gasteiger partial charge in [-0.2, -0.15) is 0 Å². The van der Waals surface area contributed by atoms with Gasteiger partial charge in [0.25, 0.3) is 5.91 Å². The number of hydrogen-bond donors (Lipinski definition) is 2. The number of carbonyl (C=O) groups excluding carboxylic acids is 1. The third kappa shape index (κ3) is 4.87. The molecule has 3 rings (SSSR count). The first-order valence-electron chi connectivity index (χ1n) is 8.19. The molecule has 0 aliphatic carbocycles. The monoisotopic (exact) mass is 490 g/mol. The molecule has 0 aliphatic rings. The molecule has 0 saturated heterocycles. The lowest BCUT2D eigenvalue weighted by Gasteiger charge is -2.15. The van der Waals surface area contributed by atoms with E-state index in [-0.39, 0.29) is 12.3 Å². The number of carbonyl (C=O) groups is 2. The molecule has 1 amide bonds. The Bertz CT molecular complexity index is 964. The highest BCUT2D eigenvalue weighted by atomic mass is 79.9. The summed E-state index contributed by atoms with van der Waals surface area (Å²) in [5.74, 6) is -1.15. The number of hydrogen-bond acceptors (Lipinski definition) is 2. The quantitative estimate of drug-likeness (QED) is 0.505. The molecular formula is C20H16Br2N2O3. The van der Waals surface area contributed by atoms with Gasteiger partial charge in [0, 0.05) is 32.2 Å². The minimum Gasteiger partial charge on any atom is -0.481 e. The van der Waals surface area contributed by atoms with E-state index in [9.17, 15) is 9.59 Å². The van der Waals surface area contributed by atoms with Crippen LogP contribution in [0.5, 0.6) is 0 Å². The highest BCUT2D eigenvalue weighted by Gasteiger charge is 2.15. The van der Waals surface area contributed by atoms with E-state index >= 15 is 0 Å². The lowest BCUT2D eigenvalue weighted by Crippen LogP contribution is -2.25. The fourth-order valence-corrected chi connectivity index (χ4v) is 3.18. The molecule has 0 radical (unpaired) electrons. The second kappa shape index (κ2) is 8.54. The van der Waals surface area contributed by atoms with Gasteiger partial charge in [-0.15, -0.1) is 0 Å². The van der Waals surface area contributed by atoms with Crippen molar-refractivity contribution in [3.8, 4) is 11.3 Å². The van der Waals surface area contributed by atoms with Crippen molar-refractivity contribution in [2.24, 2.45) is 0 Å². The number of aromatic nitrogens is 1. The van der Waals surface area contributed by atoms with Gasteiger partial charge in [0.15, 0.2) is 0 Å². The Labute approximate surface area is 173 Å². The van der Waals surface area contributed by atoms with Crippen molar-refractivity contribution in [3.05, 3.63) is 80.9 Å². The zero-order chi connectivity index (χ0) is 19.4. The minimum absolute atomic E-state index is 0.0159. The number of benzene rings is 2. The molecule has 2 N–H and O–H groups in total. The van der Waals surface area contributed by atoms with Gasteiger partial charge in [-0.1, -0.05) is 44.0 Å². The van der Waals surface area contributed by atoms with Crippen molar-refractivity contribution in [2.45, 2.75) is 12.8 Å². The van der Waals surface area contributed by atoms with Crippen LogP contribution in [-0.4, -0.2) is 21.7 Å². The third-order valence-electron chi connectivity index (χ3n) is 4.02. The van der Waals surface area contributed by atoms with Gasteiger partial charge in [0.2, 0.25) is 0 Å². The first kappa shape index (κ1) is 19.4. The average molecular weight is 492 g/mol. The summed E-state index contributed by atoms with van der Waals surface area (Å²) in [6, 6.07) is 18.4. The number of nitrogens with zero attached hydrogens (tertiary/aromatic N) is 1. The number of aryl methyl sites for hydroxylation is 1. The molecule has 0 aliphatic heterocycles. The van der Waals surface area contributed by atoms with E-state index in [0.717, 1.165) is 25.9 Å². The van der Waals surface area contributed by atoms with E-state index in [1.54, 1.807) is 28.9 Å². The Morgan fingerprint density at radius 3 is 2.07 bits per heavy atom. The summed E-state index contributed by atoms with van der Waals surface area (Å²) in [6.07, 6.45) is 0.296. The summed E-state index contributed by atoms with van der Waals surface area (Å²) in [5.41, 5.74) is 5.82. The molecule has 0 saturated carbocycles. The van der Waals surface area contributed by atoms with Crippen molar-refractivity contribution < 1.29 is 14.7 Å². The van der Waals surface area contributed by atoms with Gasteiger partial charge in [-0.05, 0) is 48.5 Å². The maximum Gasteiger partial charge on any atom is 0.303 e. The zero-order valence-corrected chi connectivity index (χ0v) is 17.3. The van der Waals surface area contributed by atoms with Crippen molar-refractivity contribution >= 4 is 43.7 Å². The van der Waals surface area contributed by atoms with Crippen molar-refractivity contribution in [1.82, 2.24) is 4.68 Å². The standard InChI is InChI=1S/C20H16Br2N2O3/c21-15-5-1-13(2-6-15)18-11-9-17(10-12-19(25)26)24(18)23-20(27)14-3-7-16(22)8-4-14/h1-9,11H,10,12H2,(H,23,27)(H,25,26). The maximum atomic E-state index is 12.7. The van der Waals surface area contributed by atoms with Crippen LogP contribution < -0.4 is 5.43 Å². The van der Waals surface area contributed by atoms with Crippen LogP contribution >= 0.6 is 31.9 Å². The SMILES string of the molecule is O=C(O)CCc1ccc(-c2ccc(Br)cc2)n1NC(=O)c1ccc(Br)cc1. The van der Waals surface area contributed by atoms with E-state index in [4.69, 9.17) is 5.11 Å². The van der Waals surface area contributed by atoms with Crippen LogP contribution in [0.25, 0.3) is 11.3 Å². The molecule has 1 aromatic heterocycles. The molecule has 0 bridgehead atoms. The van der Waals surface area contributed by atoms with Crippen LogP contribution in [0.4, 0.5) is 0 Å². The Morgan fingerprint density at radius 2 is 1.48 bits per heavy atom. The van der Waals surface area contributed by atoms with Crippen LogP contribution in [0.15, 0.2) is 69.6 Å². The second-order valence-electron chi connectivity index (χ2n) is 5.89. The highest BCUT2D eigenvalue weighted by Crippen LogP contribution is 2.24. The van der Waals surface area contributed by atoms with Gasteiger partial charge >= 0.3 is 5.97 Å². The first-order valence-corrected chi connectivity index (χ1v) is 9.78. The highest BCUT2D eigenvalue weighted by molar-refractivity contribution is 9.10. The van der Waals surface area contributed by atoms with Crippen molar-refractivity contribution in [3.63, 3.8) is 0 Å². The Hall–Kier alpha value is -2.38. The number of amides is 1. The average Bonchev–Trinajstić information content (AvgIpc) is 3.03. The van der Waals surface area contributed by atoms with Gasteiger partial charge in [-0.25, -0.2) is 0 Å². The van der Waals surface area contributed by atoms with E-state index in [1.165, 1.54) is 0 Å². The minimum atomic E-state index is -0.882. The molecule has 27 heavy (non-hydrogen) atoms.